The average molecular weight is 218 g/mol. The molecule has 1 rings (SSSR count). The first-order chi connectivity index (χ1) is 6.38. The van der Waals surface area contributed by atoms with Gasteiger partial charge in [-0.2, -0.15) is 4.83 Å². The van der Waals surface area contributed by atoms with Crippen LogP contribution in [0.5, 0.6) is 0 Å². The molecule has 0 radical (unpaired) electrons. The fourth-order valence-corrected chi connectivity index (χ4v) is 2.46. The summed E-state index contributed by atoms with van der Waals surface area (Å²) in [5.41, 5.74) is 0.668. The van der Waals surface area contributed by atoms with Crippen molar-refractivity contribution in [1.29, 1.82) is 0 Å². The molecule has 3 N–H and O–H groups in total. The predicted molar refractivity (Wildman–Crippen MR) is 50.4 cm³/mol. The van der Waals surface area contributed by atoms with E-state index in [4.69, 9.17) is 5.84 Å². The summed E-state index contributed by atoms with van der Waals surface area (Å²) < 4.78 is 35.6. The predicted octanol–water partition coefficient (Wildman–Crippen LogP) is 0.595. The third-order valence-electron chi connectivity index (χ3n) is 1.85. The largest absolute Gasteiger partial charge is 0.257 e. The fourth-order valence-electron chi connectivity index (χ4n) is 1.38. The Kier molecular flexibility index (Phi) is 2.89. The molecule has 6 heteroatoms. The highest BCUT2D eigenvalue weighted by molar-refractivity contribution is 7.89. The number of hydrogen-bond donors (Lipinski definition) is 2. The summed E-state index contributed by atoms with van der Waals surface area (Å²) in [5.74, 6) is 4.42. The zero-order chi connectivity index (χ0) is 10.9. The van der Waals surface area contributed by atoms with Gasteiger partial charge in [-0.25, -0.2) is 12.8 Å². The Hall–Kier alpha value is -0.980. The Labute approximate surface area is 81.9 Å². The van der Waals surface area contributed by atoms with E-state index in [0.29, 0.717) is 11.1 Å². The van der Waals surface area contributed by atoms with Crippen LogP contribution in [-0.2, 0) is 10.0 Å². The number of hydrazine groups is 1. The van der Waals surface area contributed by atoms with Gasteiger partial charge in [0.25, 0.3) is 10.0 Å². The fraction of sp³-hybridized carbons (Fsp3) is 0.250. The summed E-state index contributed by atoms with van der Waals surface area (Å²) in [6.45, 7) is 3.03. The van der Waals surface area contributed by atoms with Crippen molar-refractivity contribution in [3.8, 4) is 0 Å². The van der Waals surface area contributed by atoms with Crippen LogP contribution in [0.1, 0.15) is 11.1 Å². The maximum Gasteiger partial charge on any atom is 0.253 e. The first-order valence-electron chi connectivity index (χ1n) is 3.87. The number of aryl methyl sites for hydroxylation is 2. The quantitative estimate of drug-likeness (QED) is 0.564. The molecule has 0 spiro atoms. The molecule has 14 heavy (non-hydrogen) atoms. The van der Waals surface area contributed by atoms with Crippen LogP contribution in [0.4, 0.5) is 4.39 Å². The van der Waals surface area contributed by atoms with Crippen molar-refractivity contribution < 1.29 is 12.8 Å². The van der Waals surface area contributed by atoms with Gasteiger partial charge in [0.15, 0.2) is 0 Å². The molecule has 0 fully saturated rings. The normalized spacial score (nSPS) is 11.7. The topological polar surface area (TPSA) is 72.2 Å². The average Bonchev–Trinajstić information content (AvgIpc) is 2.01. The molecule has 1 aromatic rings. The van der Waals surface area contributed by atoms with Gasteiger partial charge >= 0.3 is 0 Å². The van der Waals surface area contributed by atoms with Crippen molar-refractivity contribution in [2.75, 3.05) is 0 Å². The van der Waals surface area contributed by atoms with E-state index in [9.17, 15) is 12.8 Å². The lowest BCUT2D eigenvalue weighted by molar-refractivity contribution is 0.581. The molecule has 0 aromatic heterocycles. The van der Waals surface area contributed by atoms with E-state index in [0.717, 1.165) is 12.1 Å². The molecule has 78 valence electrons. The summed E-state index contributed by atoms with van der Waals surface area (Å²) in [7, 11) is -3.72. The van der Waals surface area contributed by atoms with E-state index in [2.05, 4.69) is 0 Å². The van der Waals surface area contributed by atoms with E-state index >= 15 is 0 Å². The number of sulfonamides is 1. The molecule has 0 atom stereocenters. The minimum absolute atomic E-state index is 0.0291. The second kappa shape index (κ2) is 3.64. The molecule has 0 saturated carbocycles. The van der Waals surface area contributed by atoms with Crippen LogP contribution in [0.25, 0.3) is 0 Å². The maximum absolute atomic E-state index is 12.9. The van der Waals surface area contributed by atoms with Crippen LogP contribution in [0.3, 0.4) is 0 Å². The number of nitrogens with one attached hydrogen (secondary N) is 1. The molecule has 1 aromatic carbocycles. The van der Waals surface area contributed by atoms with Gasteiger partial charge in [-0.3, -0.25) is 5.84 Å². The van der Waals surface area contributed by atoms with Crippen LogP contribution in [0, 0.1) is 19.7 Å². The molecular weight excluding hydrogens is 207 g/mol. The highest BCUT2D eigenvalue weighted by Crippen LogP contribution is 2.20. The molecule has 4 nitrogen and oxygen atoms in total. The summed E-state index contributed by atoms with van der Waals surface area (Å²) >= 11 is 0. The van der Waals surface area contributed by atoms with E-state index in [1.54, 1.807) is 4.83 Å². The zero-order valence-corrected chi connectivity index (χ0v) is 8.65. The Morgan fingerprint density at radius 3 is 2.07 bits per heavy atom. The van der Waals surface area contributed by atoms with Gasteiger partial charge in [0.1, 0.15) is 5.82 Å². The molecule has 0 aliphatic heterocycles. The Balaban J connectivity index is 3.51. The molecule has 0 saturated heterocycles. The first-order valence-corrected chi connectivity index (χ1v) is 5.36. The van der Waals surface area contributed by atoms with E-state index in [1.165, 1.54) is 13.8 Å². The van der Waals surface area contributed by atoms with Gasteiger partial charge < -0.3 is 0 Å². The molecular formula is C8H11FN2O2S. The van der Waals surface area contributed by atoms with Crippen molar-refractivity contribution in [3.63, 3.8) is 0 Å². The first kappa shape index (κ1) is 11.1. The zero-order valence-electron chi connectivity index (χ0n) is 7.83. The monoisotopic (exact) mass is 218 g/mol. The van der Waals surface area contributed by atoms with Gasteiger partial charge in [-0.15, -0.1) is 0 Å². The van der Waals surface area contributed by atoms with Gasteiger partial charge in [0.2, 0.25) is 0 Å². The van der Waals surface area contributed by atoms with Crippen LogP contribution in [-0.4, -0.2) is 8.42 Å². The number of rotatable bonds is 2. The Morgan fingerprint density at radius 1 is 1.29 bits per heavy atom. The lowest BCUT2D eigenvalue weighted by Crippen LogP contribution is -2.31. The lowest BCUT2D eigenvalue weighted by Gasteiger charge is -2.09. The summed E-state index contributed by atoms with van der Waals surface area (Å²) in [6, 6.07) is 2.30. The molecule has 0 amide bonds. The number of hydrogen-bond acceptors (Lipinski definition) is 3. The summed E-state index contributed by atoms with van der Waals surface area (Å²) in [4.78, 5) is 1.74. The van der Waals surface area contributed by atoms with Gasteiger partial charge in [-0.1, -0.05) is 0 Å². The Morgan fingerprint density at radius 2 is 1.71 bits per heavy atom. The second-order valence-corrected chi connectivity index (χ2v) is 4.64. The van der Waals surface area contributed by atoms with Crippen molar-refractivity contribution >= 4 is 10.0 Å². The van der Waals surface area contributed by atoms with Crippen molar-refractivity contribution in [3.05, 3.63) is 29.1 Å². The SMILES string of the molecule is Cc1cc(F)cc(C)c1S(=O)(=O)NN. The lowest BCUT2D eigenvalue weighted by atomic mass is 10.1. The van der Waals surface area contributed by atoms with Gasteiger partial charge in [0.05, 0.1) is 4.90 Å². The second-order valence-electron chi connectivity index (χ2n) is 2.99. The molecule has 0 aliphatic carbocycles. The van der Waals surface area contributed by atoms with Crippen LogP contribution < -0.4 is 10.7 Å². The van der Waals surface area contributed by atoms with Gasteiger partial charge in [-0.05, 0) is 37.1 Å². The molecule has 0 unspecified atom stereocenters. The maximum atomic E-state index is 12.9. The smallest absolute Gasteiger partial charge is 0.253 e. The summed E-state index contributed by atoms with van der Waals surface area (Å²) in [6.07, 6.45) is 0. The van der Waals surface area contributed by atoms with Crippen molar-refractivity contribution in [2.45, 2.75) is 18.7 Å². The van der Waals surface area contributed by atoms with Crippen LogP contribution >= 0.6 is 0 Å². The number of benzene rings is 1. The van der Waals surface area contributed by atoms with E-state index < -0.39 is 15.8 Å². The minimum Gasteiger partial charge on any atom is -0.257 e. The third-order valence-corrected chi connectivity index (χ3v) is 3.34. The highest BCUT2D eigenvalue weighted by Gasteiger charge is 2.18. The van der Waals surface area contributed by atoms with Crippen molar-refractivity contribution in [2.24, 2.45) is 5.84 Å². The summed E-state index contributed by atoms with van der Waals surface area (Å²) in [5, 5.41) is 0. The number of halogens is 1. The minimum atomic E-state index is -3.72. The highest BCUT2D eigenvalue weighted by atomic mass is 32.2. The van der Waals surface area contributed by atoms with Gasteiger partial charge in [0, 0.05) is 0 Å². The molecule has 0 bridgehead atoms. The Bertz CT molecular complexity index is 433. The van der Waals surface area contributed by atoms with Crippen LogP contribution in [0.15, 0.2) is 17.0 Å². The standard InChI is InChI=1S/C8H11FN2O2S/c1-5-3-7(9)4-6(2)8(5)14(12,13)11-10/h3-4,11H,10H2,1-2H3. The molecule has 0 heterocycles. The third kappa shape index (κ3) is 1.92. The van der Waals surface area contributed by atoms with Crippen LogP contribution in [0.2, 0.25) is 0 Å². The van der Waals surface area contributed by atoms with E-state index in [1.807, 2.05) is 0 Å². The molecule has 0 aliphatic rings. The number of nitrogens with two attached hydrogens (primary N) is 1. The van der Waals surface area contributed by atoms with E-state index in [-0.39, 0.29) is 4.90 Å². The van der Waals surface area contributed by atoms with Crippen molar-refractivity contribution in [1.82, 2.24) is 4.83 Å².